The van der Waals surface area contributed by atoms with Crippen molar-refractivity contribution < 1.29 is 24.2 Å². The summed E-state index contributed by atoms with van der Waals surface area (Å²) in [5.41, 5.74) is 5.47. The first-order chi connectivity index (χ1) is 26.4. The van der Waals surface area contributed by atoms with E-state index in [2.05, 4.69) is 92.1 Å². The van der Waals surface area contributed by atoms with Gasteiger partial charge in [-0.05, 0) is 109 Å². The first kappa shape index (κ1) is 50.8. The summed E-state index contributed by atoms with van der Waals surface area (Å²) in [4.78, 5) is 36.2. The number of carboxylic acids is 1. The van der Waals surface area contributed by atoms with E-state index in [0.717, 1.165) is 103 Å². The number of rotatable bonds is 38. The highest BCUT2D eigenvalue weighted by atomic mass is 16.5. The number of hydrogen-bond acceptors (Lipinski definition) is 5. The van der Waals surface area contributed by atoms with Crippen LogP contribution < -0.4 is 11.1 Å². The summed E-state index contributed by atoms with van der Waals surface area (Å²) in [5, 5.41) is 11.9. The normalized spacial score (nSPS) is 13.4. The van der Waals surface area contributed by atoms with Crippen molar-refractivity contribution in [2.45, 2.75) is 199 Å². The second kappa shape index (κ2) is 41.0. The number of amides is 1. The molecule has 0 aliphatic heterocycles. The molecule has 0 rings (SSSR count). The van der Waals surface area contributed by atoms with Gasteiger partial charge in [0, 0.05) is 12.8 Å². The third-order valence-corrected chi connectivity index (χ3v) is 9.24. The predicted octanol–water partition coefficient (Wildman–Crippen LogP) is 12.3. The van der Waals surface area contributed by atoms with E-state index in [4.69, 9.17) is 10.5 Å². The highest BCUT2D eigenvalue weighted by molar-refractivity contribution is 5.83. The average Bonchev–Trinajstić information content (AvgIpc) is 3.16. The Morgan fingerprint density at radius 3 is 1.65 bits per heavy atom. The second-order valence-electron chi connectivity index (χ2n) is 14.4. The Morgan fingerprint density at radius 2 is 1.07 bits per heavy atom. The molecule has 308 valence electrons. The van der Waals surface area contributed by atoms with Crippen LogP contribution in [0.5, 0.6) is 0 Å². The molecule has 7 heteroatoms. The predicted molar refractivity (Wildman–Crippen MR) is 229 cm³/mol. The van der Waals surface area contributed by atoms with Crippen molar-refractivity contribution in [1.82, 2.24) is 5.32 Å². The monoisotopic (exact) mass is 753 g/mol. The summed E-state index contributed by atoms with van der Waals surface area (Å²) in [5.74, 6) is -1.32. The van der Waals surface area contributed by atoms with Gasteiger partial charge in [-0.2, -0.15) is 0 Å². The highest BCUT2D eigenvalue weighted by Gasteiger charge is 2.18. The molecule has 0 heterocycles. The number of carboxylic acid groups (broad SMARTS) is 1. The van der Waals surface area contributed by atoms with Gasteiger partial charge in [0.2, 0.25) is 5.91 Å². The quantitative estimate of drug-likeness (QED) is 0.0328. The Bertz CT molecular complexity index is 1070. The Labute approximate surface area is 331 Å². The van der Waals surface area contributed by atoms with Crippen LogP contribution in [0.4, 0.5) is 0 Å². The first-order valence-corrected chi connectivity index (χ1v) is 21.8. The number of esters is 1. The van der Waals surface area contributed by atoms with Crippen molar-refractivity contribution in [3.05, 3.63) is 72.9 Å². The summed E-state index contributed by atoms with van der Waals surface area (Å²) >= 11 is 0. The number of allylic oxidation sites excluding steroid dienone is 11. The third kappa shape index (κ3) is 37.1. The Morgan fingerprint density at radius 1 is 0.574 bits per heavy atom. The van der Waals surface area contributed by atoms with Crippen LogP contribution >= 0.6 is 0 Å². The van der Waals surface area contributed by atoms with Crippen molar-refractivity contribution in [3.63, 3.8) is 0 Å². The lowest BCUT2D eigenvalue weighted by molar-refractivity contribution is -0.147. The first-order valence-electron chi connectivity index (χ1n) is 21.8. The van der Waals surface area contributed by atoms with Crippen LogP contribution in [0.15, 0.2) is 72.9 Å². The zero-order valence-corrected chi connectivity index (χ0v) is 34.5. The van der Waals surface area contributed by atoms with Gasteiger partial charge in [-0.15, -0.1) is 0 Å². The van der Waals surface area contributed by atoms with Gasteiger partial charge >= 0.3 is 11.9 Å². The van der Waals surface area contributed by atoms with E-state index in [9.17, 15) is 19.5 Å². The van der Waals surface area contributed by atoms with Crippen LogP contribution in [-0.4, -0.2) is 41.6 Å². The molecule has 7 nitrogen and oxygen atoms in total. The minimum atomic E-state index is -1.01. The number of nitrogens with two attached hydrogens (primary N) is 1. The number of carbonyl (C=O) groups is 3. The van der Waals surface area contributed by atoms with Gasteiger partial charge in [0.25, 0.3) is 0 Å². The molecule has 0 spiro atoms. The van der Waals surface area contributed by atoms with E-state index in [1.807, 2.05) is 0 Å². The van der Waals surface area contributed by atoms with Crippen LogP contribution in [0.2, 0.25) is 0 Å². The largest absolute Gasteiger partial charge is 0.480 e. The molecule has 0 aliphatic rings. The number of nitrogens with one attached hydrogen (secondary N) is 1. The minimum absolute atomic E-state index is 0.0986. The summed E-state index contributed by atoms with van der Waals surface area (Å²) in [7, 11) is 0. The fraction of sp³-hybridized carbons (Fsp3) is 0.681. The van der Waals surface area contributed by atoms with Gasteiger partial charge in [-0.1, -0.05) is 145 Å². The van der Waals surface area contributed by atoms with Gasteiger partial charge in [0.1, 0.15) is 12.1 Å². The number of hydrogen-bond donors (Lipinski definition) is 3. The van der Waals surface area contributed by atoms with Crippen LogP contribution in [-0.2, 0) is 19.1 Å². The summed E-state index contributed by atoms with van der Waals surface area (Å²) in [6.45, 7) is 4.78. The molecule has 0 saturated heterocycles. The summed E-state index contributed by atoms with van der Waals surface area (Å²) < 4.78 is 5.92. The van der Waals surface area contributed by atoms with Crippen molar-refractivity contribution in [3.8, 4) is 0 Å². The van der Waals surface area contributed by atoms with Gasteiger partial charge in [0.15, 0.2) is 0 Å². The zero-order chi connectivity index (χ0) is 39.6. The molecule has 1 amide bonds. The van der Waals surface area contributed by atoms with E-state index in [0.29, 0.717) is 32.2 Å². The van der Waals surface area contributed by atoms with E-state index in [1.54, 1.807) is 0 Å². The maximum atomic E-state index is 12.7. The fourth-order valence-corrected chi connectivity index (χ4v) is 5.98. The van der Waals surface area contributed by atoms with E-state index < -0.39 is 12.0 Å². The molecule has 0 aromatic heterocycles. The maximum Gasteiger partial charge on any atom is 0.326 e. The van der Waals surface area contributed by atoms with Crippen molar-refractivity contribution >= 4 is 17.8 Å². The molecule has 0 aromatic rings. The highest BCUT2D eigenvalue weighted by Crippen LogP contribution is 2.15. The lowest BCUT2D eigenvalue weighted by Gasteiger charge is -2.15. The van der Waals surface area contributed by atoms with Crippen LogP contribution in [0.1, 0.15) is 187 Å². The molecule has 0 aliphatic carbocycles. The number of aliphatic carboxylic acids is 1. The Balaban J connectivity index is 4.28. The molecule has 2 unspecified atom stereocenters. The molecule has 0 bridgehead atoms. The second-order valence-corrected chi connectivity index (χ2v) is 14.4. The Hall–Kier alpha value is -3.19. The van der Waals surface area contributed by atoms with Crippen LogP contribution in [0, 0.1) is 0 Å². The summed E-state index contributed by atoms with van der Waals surface area (Å²) in [6, 6.07) is -0.861. The lowest BCUT2D eigenvalue weighted by atomic mass is 10.0. The zero-order valence-electron chi connectivity index (χ0n) is 34.5. The minimum Gasteiger partial charge on any atom is -0.480 e. The van der Waals surface area contributed by atoms with Gasteiger partial charge in [-0.25, -0.2) is 4.79 Å². The molecular weight excluding hydrogens is 673 g/mol. The van der Waals surface area contributed by atoms with E-state index in [1.165, 1.54) is 44.9 Å². The Kier molecular flexibility index (Phi) is 38.6. The SMILES string of the molecule is CC/C=C\C/C=C\C/C=C\C(CCCCCCCCC(=O)NC(CCCN)C(=O)O)OC(=O)CCCCCCCC/C=C\C/C=C\C/C=C\CCCCC. The maximum absolute atomic E-state index is 12.7. The summed E-state index contributed by atoms with van der Waals surface area (Å²) in [6.07, 6.45) is 52.6. The fourth-order valence-electron chi connectivity index (χ4n) is 5.98. The number of unbranched alkanes of at least 4 members (excludes halogenated alkanes) is 14. The topological polar surface area (TPSA) is 119 Å². The molecule has 2 atom stereocenters. The van der Waals surface area contributed by atoms with Crippen LogP contribution in [0.25, 0.3) is 0 Å². The third-order valence-electron chi connectivity index (χ3n) is 9.24. The van der Waals surface area contributed by atoms with Crippen molar-refractivity contribution in [1.29, 1.82) is 0 Å². The van der Waals surface area contributed by atoms with Gasteiger partial charge in [-0.3, -0.25) is 9.59 Å². The lowest BCUT2D eigenvalue weighted by Crippen LogP contribution is -2.40. The molecule has 0 radical (unpaired) electrons. The smallest absolute Gasteiger partial charge is 0.326 e. The van der Waals surface area contributed by atoms with Crippen LogP contribution in [0.3, 0.4) is 0 Å². The molecule has 4 N–H and O–H groups in total. The van der Waals surface area contributed by atoms with Crippen molar-refractivity contribution in [2.24, 2.45) is 5.73 Å². The number of ether oxygens (including phenoxy) is 1. The molecule has 0 fully saturated rings. The average molecular weight is 753 g/mol. The van der Waals surface area contributed by atoms with Gasteiger partial charge < -0.3 is 20.9 Å². The molecule has 54 heavy (non-hydrogen) atoms. The molecule has 0 aromatic carbocycles. The van der Waals surface area contributed by atoms with Gasteiger partial charge in [0.05, 0.1) is 0 Å². The van der Waals surface area contributed by atoms with Crippen molar-refractivity contribution in [2.75, 3.05) is 6.54 Å². The molecular formula is C47H80N2O5. The standard InChI is InChI=1S/C47H80N2O5/c1-3-5-7-9-11-13-14-15-16-17-18-19-20-21-22-23-25-31-35-41-46(51)54-43(37-32-28-24-12-10-8-6-4-2)38-33-29-26-27-30-34-40-45(50)49-44(47(52)53)39-36-42-48/h6,8,11-13,15-16,18-19,24,32,37,43-44H,3-5,7,9-10,14,17,20-23,25-31,33-36,38-42,48H2,1-2H3,(H,49,50)(H,52,53)/b8-6-,13-11-,16-15-,19-18-,24-12-,37-32-. The van der Waals surface area contributed by atoms with E-state index >= 15 is 0 Å². The molecule has 0 saturated carbocycles. The number of carbonyl (C=O) groups excluding carboxylic acids is 2. The van der Waals surface area contributed by atoms with E-state index in [-0.39, 0.29) is 18.0 Å².